The molecule has 2 rings (SSSR count). The van der Waals surface area contributed by atoms with E-state index in [9.17, 15) is 0 Å². The fourth-order valence-electron chi connectivity index (χ4n) is 1.87. The van der Waals surface area contributed by atoms with Crippen molar-refractivity contribution in [1.29, 1.82) is 5.41 Å². The van der Waals surface area contributed by atoms with Gasteiger partial charge in [-0.05, 0) is 30.5 Å². The summed E-state index contributed by atoms with van der Waals surface area (Å²) in [6.45, 7) is 1.86. The standard InChI is InChI=1S/C12H15ClN2/c13-11-6-4-10(5-7-11)9-15-8-2-1-3-12(15)14/h4-7,14H,1-3,8-9H2. The first-order valence-electron chi connectivity index (χ1n) is 5.32. The van der Waals surface area contributed by atoms with Crippen LogP contribution in [0, 0.1) is 5.41 Å². The van der Waals surface area contributed by atoms with Crippen molar-refractivity contribution in [2.45, 2.75) is 25.8 Å². The second kappa shape index (κ2) is 4.67. The Balaban J connectivity index is 2.01. The SMILES string of the molecule is N=C1CCCCN1Cc1ccc(Cl)cc1. The van der Waals surface area contributed by atoms with Gasteiger partial charge in [-0.3, -0.25) is 5.41 Å². The van der Waals surface area contributed by atoms with Crippen LogP contribution < -0.4 is 0 Å². The van der Waals surface area contributed by atoms with Crippen LogP contribution in [-0.4, -0.2) is 17.3 Å². The third kappa shape index (κ3) is 2.72. The van der Waals surface area contributed by atoms with E-state index >= 15 is 0 Å². The van der Waals surface area contributed by atoms with Gasteiger partial charge in [0.05, 0.1) is 5.84 Å². The maximum atomic E-state index is 7.84. The minimum atomic E-state index is 0.771. The molecule has 0 radical (unpaired) electrons. The van der Waals surface area contributed by atoms with E-state index in [1.165, 1.54) is 12.0 Å². The Labute approximate surface area is 95.4 Å². The molecule has 80 valence electrons. The Morgan fingerprint density at radius 1 is 1.20 bits per heavy atom. The summed E-state index contributed by atoms with van der Waals surface area (Å²) in [5, 5.41) is 8.61. The Morgan fingerprint density at radius 3 is 2.60 bits per heavy atom. The fourth-order valence-corrected chi connectivity index (χ4v) is 2.00. The second-order valence-electron chi connectivity index (χ2n) is 3.95. The minimum Gasteiger partial charge on any atom is -0.356 e. The zero-order valence-electron chi connectivity index (χ0n) is 8.67. The number of hydrogen-bond acceptors (Lipinski definition) is 1. The molecule has 1 N–H and O–H groups in total. The van der Waals surface area contributed by atoms with Gasteiger partial charge in [-0.15, -0.1) is 0 Å². The summed E-state index contributed by atoms with van der Waals surface area (Å²) in [7, 11) is 0. The van der Waals surface area contributed by atoms with E-state index in [1.54, 1.807) is 0 Å². The number of piperidine rings is 1. The molecule has 0 aliphatic carbocycles. The van der Waals surface area contributed by atoms with Gasteiger partial charge in [-0.2, -0.15) is 0 Å². The van der Waals surface area contributed by atoms with Gasteiger partial charge in [0.15, 0.2) is 0 Å². The molecule has 0 bridgehead atoms. The van der Waals surface area contributed by atoms with E-state index in [1.807, 2.05) is 24.3 Å². The van der Waals surface area contributed by atoms with Crippen molar-refractivity contribution >= 4 is 17.4 Å². The van der Waals surface area contributed by atoms with Gasteiger partial charge in [0.1, 0.15) is 0 Å². The van der Waals surface area contributed by atoms with Crippen molar-refractivity contribution in [3.63, 3.8) is 0 Å². The van der Waals surface area contributed by atoms with Gasteiger partial charge >= 0.3 is 0 Å². The lowest BCUT2D eigenvalue weighted by atomic mass is 10.1. The molecule has 0 aromatic heterocycles. The van der Waals surface area contributed by atoms with Crippen molar-refractivity contribution in [3.8, 4) is 0 Å². The Bertz CT molecular complexity index is 345. The Kier molecular flexibility index (Phi) is 3.27. The van der Waals surface area contributed by atoms with Crippen LogP contribution in [0.25, 0.3) is 0 Å². The molecular formula is C12H15ClN2. The summed E-state index contributed by atoms with van der Waals surface area (Å²) >= 11 is 5.83. The highest BCUT2D eigenvalue weighted by atomic mass is 35.5. The minimum absolute atomic E-state index is 0.771. The number of halogens is 1. The lowest BCUT2D eigenvalue weighted by Gasteiger charge is -2.29. The smallest absolute Gasteiger partial charge is 0.0960 e. The molecule has 1 aromatic carbocycles. The highest BCUT2D eigenvalue weighted by Crippen LogP contribution is 2.16. The highest BCUT2D eigenvalue weighted by molar-refractivity contribution is 6.30. The van der Waals surface area contributed by atoms with Crippen LogP contribution in [0.3, 0.4) is 0 Å². The van der Waals surface area contributed by atoms with E-state index in [4.69, 9.17) is 17.0 Å². The van der Waals surface area contributed by atoms with Crippen LogP contribution in [0.2, 0.25) is 5.02 Å². The molecule has 1 aliphatic rings. The van der Waals surface area contributed by atoms with E-state index < -0.39 is 0 Å². The summed E-state index contributed by atoms with van der Waals surface area (Å²) in [5.41, 5.74) is 1.23. The maximum absolute atomic E-state index is 7.84. The summed E-state index contributed by atoms with van der Waals surface area (Å²) < 4.78 is 0. The molecule has 1 aliphatic heterocycles. The molecular weight excluding hydrogens is 208 g/mol. The fraction of sp³-hybridized carbons (Fsp3) is 0.417. The van der Waals surface area contributed by atoms with Crippen LogP contribution in [0.5, 0.6) is 0 Å². The number of rotatable bonds is 2. The summed E-state index contributed by atoms with van der Waals surface area (Å²) in [6.07, 6.45) is 3.29. The quantitative estimate of drug-likeness (QED) is 0.817. The normalized spacial score (nSPS) is 16.9. The third-order valence-corrected chi connectivity index (χ3v) is 3.01. The largest absolute Gasteiger partial charge is 0.356 e. The molecule has 2 nitrogen and oxygen atoms in total. The van der Waals surface area contributed by atoms with Crippen molar-refractivity contribution in [3.05, 3.63) is 34.9 Å². The van der Waals surface area contributed by atoms with Gasteiger partial charge in [-0.1, -0.05) is 23.7 Å². The van der Waals surface area contributed by atoms with Crippen molar-refractivity contribution in [2.24, 2.45) is 0 Å². The average molecular weight is 223 g/mol. The topological polar surface area (TPSA) is 27.1 Å². The maximum Gasteiger partial charge on any atom is 0.0960 e. The molecule has 1 aromatic rings. The van der Waals surface area contributed by atoms with Crippen molar-refractivity contribution in [2.75, 3.05) is 6.54 Å². The monoisotopic (exact) mass is 222 g/mol. The molecule has 0 spiro atoms. The molecule has 1 saturated heterocycles. The summed E-state index contributed by atoms with van der Waals surface area (Å²) in [6, 6.07) is 7.88. The second-order valence-corrected chi connectivity index (χ2v) is 4.39. The van der Waals surface area contributed by atoms with E-state index in [0.29, 0.717) is 0 Å². The number of hydrogen-bond donors (Lipinski definition) is 1. The highest BCUT2D eigenvalue weighted by Gasteiger charge is 2.14. The molecule has 3 heteroatoms. The first-order valence-corrected chi connectivity index (χ1v) is 5.70. The summed E-state index contributed by atoms with van der Waals surface area (Å²) in [5.74, 6) is 0.774. The summed E-state index contributed by atoms with van der Waals surface area (Å²) in [4.78, 5) is 2.15. The first-order chi connectivity index (χ1) is 7.25. The van der Waals surface area contributed by atoms with Crippen LogP contribution >= 0.6 is 11.6 Å². The Morgan fingerprint density at radius 2 is 1.93 bits per heavy atom. The van der Waals surface area contributed by atoms with Gasteiger partial charge in [-0.25, -0.2) is 0 Å². The van der Waals surface area contributed by atoms with Crippen LogP contribution in [-0.2, 0) is 6.54 Å². The number of amidine groups is 1. The van der Waals surface area contributed by atoms with Crippen LogP contribution in [0.1, 0.15) is 24.8 Å². The van der Waals surface area contributed by atoms with Gasteiger partial charge < -0.3 is 4.90 Å². The molecule has 0 amide bonds. The zero-order valence-corrected chi connectivity index (χ0v) is 9.43. The van der Waals surface area contributed by atoms with Gasteiger partial charge in [0, 0.05) is 24.5 Å². The molecule has 1 fully saturated rings. The molecule has 0 saturated carbocycles. The molecule has 1 heterocycles. The average Bonchev–Trinajstić information content (AvgIpc) is 2.25. The predicted molar refractivity (Wildman–Crippen MR) is 63.4 cm³/mol. The van der Waals surface area contributed by atoms with Crippen molar-refractivity contribution in [1.82, 2.24) is 4.90 Å². The molecule has 15 heavy (non-hydrogen) atoms. The Hall–Kier alpha value is -1.02. The van der Waals surface area contributed by atoms with Crippen LogP contribution in [0.4, 0.5) is 0 Å². The lowest BCUT2D eigenvalue weighted by Crippen LogP contribution is -2.34. The molecule has 0 unspecified atom stereocenters. The zero-order chi connectivity index (χ0) is 10.7. The van der Waals surface area contributed by atoms with Crippen molar-refractivity contribution < 1.29 is 0 Å². The number of nitrogens with zero attached hydrogens (tertiary/aromatic N) is 1. The number of likely N-dealkylation sites (tertiary alicyclic amines) is 1. The van der Waals surface area contributed by atoms with Gasteiger partial charge in [0.2, 0.25) is 0 Å². The lowest BCUT2D eigenvalue weighted by molar-refractivity contribution is 0.361. The first kappa shape index (κ1) is 10.5. The predicted octanol–water partition coefficient (Wildman–Crippen LogP) is 3.30. The van der Waals surface area contributed by atoms with E-state index in [0.717, 1.165) is 36.8 Å². The van der Waals surface area contributed by atoms with E-state index in [-0.39, 0.29) is 0 Å². The third-order valence-electron chi connectivity index (χ3n) is 2.76. The number of nitrogens with one attached hydrogen (secondary N) is 1. The molecule has 0 atom stereocenters. The number of benzene rings is 1. The van der Waals surface area contributed by atoms with Gasteiger partial charge in [0.25, 0.3) is 0 Å². The van der Waals surface area contributed by atoms with Crippen LogP contribution in [0.15, 0.2) is 24.3 Å². The van der Waals surface area contributed by atoms with E-state index in [2.05, 4.69) is 4.90 Å².